The van der Waals surface area contributed by atoms with Crippen LogP contribution in [-0.4, -0.2) is 53.1 Å². The lowest BCUT2D eigenvalue weighted by Crippen LogP contribution is -2.36. The zero-order valence-corrected chi connectivity index (χ0v) is 19.9. The highest BCUT2D eigenvalue weighted by molar-refractivity contribution is 7.22. The van der Waals surface area contributed by atoms with Crippen molar-refractivity contribution in [3.05, 3.63) is 41.7 Å². The van der Waals surface area contributed by atoms with Crippen LogP contribution in [0.1, 0.15) is 56.3 Å². The second-order valence-electron chi connectivity index (χ2n) is 8.66. The summed E-state index contributed by atoms with van der Waals surface area (Å²) in [5, 5.41) is 0.847. The summed E-state index contributed by atoms with van der Waals surface area (Å²) in [5.41, 5.74) is 1.88. The van der Waals surface area contributed by atoms with Crippen LogP contribution in [-0.2, 0) is 16.0 Å². The molecule has 0 saturated carbocycles. The van der Waals surface area contributed by atoms with Crippen LogP contribution in [0.3, 0.4) is 0 Å². The van der Waals surface area contributed by atoms with Crippen LogP contribution in [0.5, 0.6) is 5.88 Å². The number of anilines is 1. The third-order valence-electron chi connectivity index (χ3n) is 6.47. The Kier molecular flexibility index (Phi) is 6.83. The van der Waals surface area contributed by atoms with Gasteiger partial charge in [0.15, 0.2) is 16.6 Å². The number of rotatable bonds is 8. The van der Waals surface area contributed by atoms with E-state index in [1.54, 1.807) is 0 Å². The minimum Gasteiger partial charge on any atom is -0.477 e. The number of hydrogen-bond acceptors (Lipinski definition) is 8. The highest BCUT2D eigenvalue weighted by Gasteiger charge is 2.33. The second kappa shape index (κ2) is 10.1. The van der Waals surface area contributed by atoms with Gasteiger partial charge in [0, 0.05) is 32.1 Å². The fourth-order valence-electron chi connectivity index (χ4n) is 4.71. The van der Waals surface area contributed by atoms with E-state index in [0.717, 1.165) is 67.5 Å². The minimum atomic E-state index is -0.118. The van der Waals surface area contributed by atoms with Crippen molar-refractivity contribution in [2.24, 2.45) is 0 Å². The molecule has 0 N–H and O–H groups in total. The van der Waals surface area contributed by atoms with Gasteiger partial charge in [0.2, 0.25) is 5.88 Å². The predicted octanol–water partition coefficient (Wildman–Crippen LogP) is 4.55. The van der Waals surface area contributed by atoms with E-state index < -0.39 is 0 Å². The highest BCUT2D eigenvalue weighted by Crippen LogP contribution is 2.38. The number of hydrogen-bond donors (Lipinski definition) is 0. The van der Waals surface area contributed by atoms with Gasteiger partial charge in [-0.2, -0.15) is 9.97 Å². The second-order valence-corrected chi connectivity index (χ2v) is 9.64. The van der Waals surface area contributed by atoms with Crippen LogP contribution in [0.2, 0.25) is 0 Å². The summed E-state index contributed by atoms with van der Waals surface area (Å²) in [4.78, 5) is 29.8. The van der Waals surface area contributed by atoms with E-state index in [1.807, 2.05) is 25.1 Å². The molecule has 3 aromatic rings. The van der Waals surface area contributed by atoms with Gasteiger partial charge in [0.1, 0.15) is 10.5 Å². The van der Waals surface area contributed by atoms with Crippen LogP contribution in [0.25, 0.3) is 10.3 Å². The van der Waals surface area contributed by atoms with E-state index in [0.29, 0.717) is 24.6 Å². The molecule has 5 rings (SSSR count). The zero-order valence-electron chi connectivity index (χ0n) is 19.0. The van der Waals surface area contributed by atoms with Gasteiger partial charge in [-0.1, -0.05) is 41.7 Å². The lowest BCUT2D eigenvalue weighted by atomic mass is 9.99. The lowest BCUT2D eigenvalue weighted by molar-refractivity contribution is -0.120. The standard InChI is InChI=1S/C25H30N4O3S/c1-2-32-24-21-23(26-22(27-24)18-12-15-31-16-13-18)28-25(33-21)29-14-6-9-19(29)20(30)11-10-17-7-4-3-5-8-17/h3-5,7-8,18-19H,2,6,9-16H2,1H3/t19-/m1/s1. The summed E-state index contributed by atoms with van der Waals surface area (Å²) in [6, 6.07) is 10.1. The number of ether oxygens (including phenoxy) is 2. The molecule has 174 valence electrons. The Morgan fingerprint density at radius 2 is 1.97 bits per heavy atom. The van der Waals surface area contributed by atoms with Gasteiger partial charge in [-0.25, -0.2) is 4.98 Å². The van der Waals surface area contributed by atoms with E-state index in [4.69, 9.17) is 24.4 Å². The molecule has 0 amide bonds. The van der Waals surface area contributed by atoms with E-state index in [1.165, 1.54) is 16.9 Å². The topological polar surface area (TPSA) is 77.4 Å². The van der Waals surface area contributed by atoms with Gasteiger partial charge in [-0.3, -0.25) is 4.79 Å². The van der Waals surface area contributed by atoms with Crippen LogP contribution < -0.4 is 9.64 Å². The maximum absolute atomic E-state index is 13.1. The number of aryl methyl sites for hydroxylation is 1. The number of carbonyl (C=O) groups is 1. The molecule has 2 fully saturated rings. The van der Waals surface area contributed by atoms with Crippen molar-refractivity contribution in [1.82, 2.24) is 15.0 Å². The molecule has 2 aromatic heterocycles. The molecule has 0 radical (unpaired) electrons. The van der Waals surface area contributed by atoms with Gasteiger partial charge >= 0.3 is 0 Å². The Bertz CT molecular complexity index is 1100. The molecule has 0 unspecified atom stereocenters. The summed E-state index contributed by atoms with van der Waals surface area (Å²) >= 11 is 1.54. The number of thiazole rings is 1. The molecule has 7 nitrogen and oxygen atoms in total. The van der Waals surface area contributed by atoms with Crippen molar-refractivity contribution in [2.45, 2.75) is 57.4 Å². The number of fused-ring (bicyclic) bond motifs is 1. The Labute approximate surface area is 198 Å². The van der Waals surface area contributed by atoms with Crippen molar-refractivity contribution in [3.63, 3.8) is 0 Å². The van der Waals surface area contributed by atoms with Gasteiger partial charge in [0.05, 0.1) is 12.6 Å². The first-order valence-electron chi connectivity index (χ1n) is 11.9. The number of Topliss-reactive ketones (excluding diaryl/α,β-unsaturated/α-hetero) is 1. The first-order valence-corrected chi connectivity index (χ1v) is 12.8. The molecule has 2 saturated heterocycles. The molecule has 2 aliphatic rings. The van der Waals surface area contributed by atoms with Crippen molar-refractivity contribution >= 4 is 32.6 Å². The Hall–Kier alpha value is -2.58. The molecule has 1 atom stereocenters. The summed E-state index contributed by atoms with van der Waals surface area (Å²) in [5.74, 6) is 1.96. The molecule has 0 bridgehead atoms. The summed E-state index contributed by atoms with van der Waals surface area (Å²) in [7, 11) is 0. The van der Waals surface area contributed by atoms with E-state index in [9.17, 15) is 4.79 Å². The van der Waals surface area contributed by atoms with Crippen molar-refractivity contribution < 1.29 is 14.3 Å². The number of benzene rings is 1. The third-order valence-corrected chi connectivity index (χ3v) is 7.54. The average Bonchev–Trinajstić information content (AvgIpc) is 3.51. The van der Waals surface area contributed by atoms with Crippen LogP contribution >= 0.6 is 11.3 Å². The summed E-state index contributed by atoms with van der Waals surface area (Å²) in [6.45, 7) is 4.81. The van der Waals surface area contributed by atoms with Crippen LogP contribution in [0.15, 0.2) is 30.3 Å². The SMILES string of the molecule is CCOc1nc(C2CCOCC2)nc2nc(N3CCC[C@@H]3C(=O)CCc3ccccc3)sc12. The third kappa shape index (κ3) is 4.87. The molecule has 33 heavy (non-hydrogen) atoms. The molecule has 1 aromatic carbocycles. The van der Waals surface area contributed by atoms with Gasteiger partial charge < -0.3 is 14.4 Å². The molecule has 0 spiro atoms. The van der Waals surface area contributed by atoms with Crippen LogP contribution in [0, 0.1) is 0 Å². The Morgan fingerprint density at radius 1 is 1.15 bits per heavy atom. The maximum atomic E-state index is 13.1. The summed E-state index contributed by atoms with van der Waals surface area (Å²) in [6.07, 6.45) is 5.03. The van der Waals surface area contributed by atoms with Crippen LogP contribution in [0.4, 0.5) is 5.13 Å². The zero-order chi connectivity index (χ0) is 22.6. The molecule has 2 aliphatic heterocycles. The van der Waals surface area contributed by atoms with Gasteiger partial charge in [-0.15, -0.1) is 0 Å². The molecular formula is C25H30N4O3S. The maximum Gasteiger partial charge on any atom is 0.236 e. The average molecular weight is 467 g/mol. The Balaban J connectivity index is 1.38. The van der Waals surface area contributed by atoms with Gasteiger partial charge in [0.25, 0.3) is 0 Å². The minimum absolute atomic E-state index is 0.118. The highest BCUT2D eigenvalue weighted by atomic mass is 32.1. The van der Waals surface area contributed by atoms with Crippen molar-refractivity contribution in [2.75, 3.05) is 31.3 Å². The molecular weight excluding hydrogens is 436 g/mol. The lowest BCUT2D eigenvalue weighted by Gasteiger charge is -2.22. The number of carbonyl (C=O) groups excluding carboxylic acids is 1. The molecule has 4 heterocycles. The smallest absolute Gasteiger partial charge is 0.236 e. The molecule has 8 heteroatoms. The normalized spacial score (nSPS) is 19.3. The fraction of sp³-hybridized carbons (Fsp3) is 0.520. The van der Waals surface area contributed by atoms with Gasteiger partial charge in [-0.05, 0) is 44.6 Å². The van der Waals surface area contributed by atoms with E-state index in [-0.39, 0.29) is 17.7 Å². The Morgan fingerprint density at radius 3 is 2.76 bits per heavy atom. The summed E-state index contributed by atoms with van der Waals surface area (Å²) < 4.78 is 12.3. The first-order chi connectivity index (χ1) is 16.2. The first kappa shape index (κ1) is 22.2. The quantitative estimate of drug-likeness (QED) is 0.482. The van der Waals surface area contributed by atoms with Crippen molar-refractivity contribution in [3.8, 4) is 5.88 Å². The number of nitrogens with zero attached hydrogens (tertiary/aromatic N) is 4. The largest absolute Gasteiger partial charge is 0.477 e. The van der Waals surface area contributed by atoms with E-state index in [2.05, 4.69) is 17.0 Å². The molecule has 0 aliphatic carbocycles. The van der Waals surface area contributed by atoms with E-state index >= 15 is 0 Å². The monoisotopic (exact) mass is 466 g/mol. The predicted molar refractivity (Wildman–Crippen MR) is 129 cm³/mol. The number of aromatic nitrogens is 3. The number of ketones is 1. The van der Waals surface area contributed by atoms with Crippen molar-refractivity contribution in [1.29, 1.82) is 0 Å². The fourth-order valence-corrected chi connectivity index (χ4v) is 5.73.